The fraction of sp³-hybridized carbons (Fsp3) is 0.125. The summed E-state index contributed by atoms with van der Waals surface area (Å²) in [5, 5.41) is 38.9. The van der Waals surface area contributed by atoms with Crippen molar-refractivity contribution in [1.82, 2.24) is 0 Å². The van der Waals surface area contributed by atoms with Crippen LogP contribution in [-0.4, -0.2) is 22.2 Å². The molecule has 0 unspecified atom stereocenters. The molecule has 0 saturated heterocycles. The van der Waals surface area contributed by atoms with Crippen molar-refractivity contribution >= 4 is 11.9 Å². The molecule has 23 heavy (non-hydrogen) atoms. The normalized spacial score (nSPS) is 9.13. The van der Waals surface area contributed by atoms with Gasteiger partial charge in [0.05, 0.1) is 11.1 Å². The summed E-state index contributed by atoms with van der Waals surface area (Å²) in [5.74, 6) is -2.57. The smallest absolute Gasteiger partial charge is 0.872 e. The van der Waals surface area contributed by atoms with Crippen molar-refractivity contribution in [3.05, 3.63) is 58.7 Å². The van der Waals surface area contributed by atoms with Crippen molar-refractivity contribution < 1.29 is 49.5 Å². The first-order valence-electron chi connectivity index (χ1n) is 6.25. The Hall–Kier alpha value is -2.40. The molecule has 0 fully saturated rings. The molecule has 0 aromatic heterocycles. The average molecular weight is 368 g/mol. The number of carboxylic acid groups (broad SMARTS) is 2. The van der Waals surface area contributed by atoms with Crippen molar-refractivity contribution in [1.29, 1.82) is 0 Å². The van der Waals surface area contributed by atoms with Gasteiger partial charge in [-0.2, -0.15) is 0 Å². The first kappa shape index (κ1) is 20.6. The van der Waals surface area contributed by atoms with Crippen LogP contribution < -0.4 is 10.2 Å². The summed E-state index contributed by atoms with van der Waals surface area (Å²) >= 11 is 0. The minimum atomic E-state index is -1.06. The van der Waals surface area contributed by atoms with Gasteiger partial charge < -0.3 is 20.4 Å². The summed E-state index contributed by atoms with van der Waals surface area (Å²) in [4.78, 5) is 20.9. The van der Waals surface area contributed by atoms with E-state index in [2.05, 4.69) is 0 Å². The van der Waals surface area contributed by atoms with Crippen LogP contribution in [0.3, 0.4) is 0 Å². The Bertz CT molecular complexity index is 650. The third-order valence-electron chi connectivity index (χ3n) is 3.03. The molecule has 0 aliphatic rings. The van der Waals surface area contributed by atoms with Crippen molar-refractivity contribution in [3.63, 3.8) is 0 Å². The molecule has 0 spiro atoms. The Morgan fingerprint density at radius 2 is 1.09 bits per heavy atom. The van der Waals surface area contributed by atoms with Crippen LogP contribution in [0.5, 0.6) is 11.5 Å². The van der Waals surface area contributed by atoms with E-state index in [9.17, 15) is 19.8 Å². The van der Waals surface area contributed by atoms with Gasteiger partial charge in [-0.05, 0) is 37.1 Å². The molecule has 2 aromatic rings. The molecule has 0 aliphatic carbocycles. The summed E-state index contributed by atoms with van der Waals surface area (Å²) in [6, 6.07) is 8.42. The molecule has 0 saturated carbocycles. The second-order valence-corrected chi connectivity index (χ2v) is 4.47. The molecule has 6 nitrogen and oxygen atoms in total. The fourth-order valence-corrected chi connectivity index (χ4v) is 1.69. The molecule has 116 valence electrons. The molecule has 2 aromatic carbocycles. The standard InChI is InChI=1S/2C8H8O3.Zn/c2*1-5-6(8(10)11)3-2-4-7(5)9;/h2*2-4,9H,1H3,(H,10,11);/q;;+2/p-2. The Kier molecular flexibility index (Phi) is 7.98. The number of hydrogen-bond donors (Lipinski definition) is 2. The minimum Gasteiger partial charge on any atom is -0.872 e. The van der Waals surface area contributed by atoms with Gasteiger partial charge in [-0.25, -0.2) is 9.59 Å². The van der Waals surface area contributed by atoms with Crippen molar-refractivity contribution in [2.75, 3.05) is 0 Å². The third kappa shape index (κ3) is 5.38. The summed E-state index contributed by atoms with van der Waals surface area (Å²) in [6.07, 6.45) is 0. The predicted molar refractivity (Wildman–Crippen MR) is 75.2 cm³/mol. The monoisotopic (exact) mass is 366 g/mol. The molecule has 0 atom stereocenters. The predicted octanol–water partition coefficient (Wildman–Crippen LogP) is 1.53. The average Bonchev–Trinajstić information content (AvgIpc) is 2.45. The van der Waals surface area contributed by atoms with E-state index in [1.807, 2.05) is 0 Å². The molecular formula is C16H14O6Zn. The van der Waals surface area contributed by atoms with Gasteiger partial charge in [0, 0.05) is 0 Å². The van der Waals surface area contributed by atoms with E-state index in [-0.39, 0.29) is 42.1 Å². The second kappa shape index (κ2) is 8.90. The number of aromatic carboxylic acids is 2. The van der Waals surface area contributed by atoms with Crippen LogP contribution >= 0.6 is 0 Å². The van der Waals surface area contributed by atoms with Crippen molar-refractivity contribution in [2.45, 2.75) is 13.8 Å². The van der Waals surface area contributed by atoms with E-state index in [4.69, 9.17) is 10.2 Å². The van der Waals surface area contributed by atoms with Crippen LogP contribution in [0.4, 0.5) is 0 Å². The second-order valence-electron chi connectivity index (χ2n) is 4.47. The van der Waals surface area contributed by atoms with Gasteiger partial charge in [-0.15, -0.1) is 11.5 Å². The van der Waals surface area contributed by atoms with Gasteiger partial charge in [0.25, 0.3) is 0 Å². The molecule has 0 radical (unpaired) electrons. The van der Waals surface area contributed by atoms with Crippen LogP contribution in [0, 0.1) is 13.8 Å². The number of benzene rings is 2. The summed E-state index contributed by atoms with van der Waals surface area (Å²) < 4.78 is 0. The summed E-state index contributed by atoms with van der Waals surface area (Å²) in [7, 11) is 0. The topological polar surface area (TPSA) is 121 Å². The summed E-state index contributed by atoms with van der Waals surface area (Å²) in [6.45, 7) is 3.01. The van der Waals surface area contributed by atoms with Crippen LogP contribution in [0.15, 0.2) is 36.4 Å². The Morgan fingerprint density at radius 1 is 0.783 bits per heavy atom. The molecule has 0 bridgehead atoms. The van der Waals surface area contributed by atoms with Gasteiger partial charge in [0.1, 0.15) is 0 Å². The van der Waals surface area contributed by atoms with E-state index >= 15 is 0 Å². The quantitative estimate of drug-likeness (QED) is 0.776. The molecule has 7 heteroatoms. The molecule has 0 aliphatic heterocycles. The maximum Gasteiger partial charge on any atom is 2.00 e. The van der Waals surface area contributed by atoms with Crippen molar-refractivity contribution in [2.24, 2.45) is 0 Å². The van der Waals surface area contributed by atoms with Gasteiger partial charge >= 0.3 is 31.4 Å². The third-order valence-corrected chi connectivity index (χ3v) is 3.03. The molecular weight excluding hydrogens is 354 g/mol. The zero-order valence-corrected chi connectivity index (χ0v) is 15.7. The van der Waals surface area contributed by atoms with Gasteiger partial charge in [0.15, 0.2) is 0 Å². The number of rotatable bonds is 2. The van der Waals surface area contributed by atoms with Crippen LogP contribution in [0.25, 0.3) is 0 Å². The maximum atomic E-state index is 10.9. The SMILES string of the molecule is Cc1c([O-])cccc1C(=O)O.Cc1c([O-])cccc1C(=O)O.[Zn+2]. The van der Waals surface area contributed by atoms with Gasteiger partial charge in [-0.3, -0.25) is 0 Å². The number of carboxylic acids is 2. The number of hydrogen-bond acceptors (Lipinski definition) is 4. The molecule has 0 amide bonds. The zero-order chi connectivity index (χ0) is 16.9. The van der Waals surface area contributed by atoms with E-state index in [1.165, 1.54) is 50.2 Å². The van der Waals surface area contributed by atoms with Crippen LogP contribution in [0.2, 0.25) is 0 Å². The summed E-state index contributed by atoms with van der Waals surface area (Å²) in [5.41, 5.74) is 0.745. The minimum absolute atomic E-state index is 0. The van der Waals surface area contributed by atoms with E-state index in [0.717, 1.165) is 0 Å². The van der Waals surface area contributed by atoms with Gasteiger partial charge in [-0.1, -0.05) is 24.3 Å². The van der Waals surface area contributed by atoms with E-state index < -0.39 is 11.9 Å². The van der Waals surface area contributed by atoms with E-state index in [0.29, 0.717) is 11.1 Å². The van der Waals surface area contributed by atoms with Crippen LogP contribution in [0.1, 0.15) is 31.8 Å². The van der Waals surface area contributed by atoms with E-state index in [1.54, 1.807) is 0 Å². The molecule has 2 N–H and O–H groups in total. The van der Waals surface area contributed by atoms with Gasteiger partial charge in [0.2, 0.25) is 0 Å². The maximum absolute atomic E-state index is 10.9. The first-order chi connectivity index (χ1) is 10.3. The first-order valence-corrected chi connectivity index (χ1v) is 6.25. The Labute approximate surface area is 145 Å². The fourth-order valence-electron chi connectivity index (χ4n) is 1.69. The molecule has 2 rings (SSSR count). The Morgan fingerprint density at radius 3 is 1.30 bits per heavy atom. The number of carbonyl (C=O) groups is 2. The largest absolute Gasteiger partial charge is 2.00 e. The van der Waals surface area contributed by atoms with Crippen molar-refractivity contribution in [3.8, 4) is 11.5 Å². The van der Waals surface area contributed by atoms with Crippen LogP contribution in [-0.2, 0) is 19.5 Å². The Balaban J connectivity index is 0.000000403. The molecule has 0 heterocycles. The zero-order valence-electron chi connectivity index (χ0n) is 12.7.